The van der Waals surface area contributed by atoms with E-state index in [-0.39, 0.29) is 6.10 Å². The highest BCUT2D eigenvalue weighted by molar-refractivity contribution is 4.83. The van der Waals surface area contributed by atoms with Gasteiger partial charge in [0.15, 0.2) is 0 Å². The van der Waals surface area contributed by atoms with E-state index in [4.69, 9.17) is 5.11 Å². The summed E-state index contributed by atoms with van der Waals surface area (Å²) in [5.74, 6) is 0. The average Bonchev–Trinajstić information content (AvgIpc) is 2.45. The van der Waals surface area contributed by atoms with Crippen LogP contribution in [0, 0.1) is 0 Å². The third-order valence-corrected chi connectivity index (χ3v) is 3.74. The van der Waals surface area contributed by atoms with E-state index in [0.717, 1.165) is 38.5 Å². The first kappa shape index (κ1) is 19.7. The predicted octanol–water partition coefficient (Wildman–Crippen LogP) is 4.99. The van der Waals surface area contributed by atoms with Crippen LogP contribution >= 0.6 is 0 Å². The van der Waals surface area contributed by atoms with Crippen LogP contribution in [0.15, 0.2) is 12.2 Å². The van der Waals surface area contributed by atoms with Crippen molar-refractivity contribution in [1.82, 2.24) is 0 Å². The second-order valence-electron chi connectivity index (χ2n) is 5.84. The topological polar surface area (TPSA) is 40.5 Å². The summed E-state index contributed by atoms with van der Waals surface area (Å²) in [6.07, 6.45) is 19.3. The Bertz CT molecular complexity index is 202. The zero-order valence-electron chi connectivity index (χ0n) is 13.5. The van der Waals surface area contributed by atoms with Crippen LogP contribution in [0.25, 0.3) is 0 Å². The molecule has 0 aromatic carbocycles. The quantitative estimate of drug-likeness (QED) is 0.328. The molecule has 20 heavy (non-hydrogen) atoms. The highest BCUT2D eigenvalue weighted by Crippen LogP contribution is 2.10. The number of rotatable bonds is 15. The van der Waals surface area contributed by atoms with Crippen molar-refractivity contribution in [1.29, 1.82) is 0 Å². The van der Waals surface area contributed by atoms with E-state index in [1.807, 2.05) is 0 Å². The van der Waals surface area contributed by atoms with E-state index in [1.54, 1.807) is 0 Å². The van der Waals surface area contributed by atoms with Crippen molar-refractivity contribution in [2.24, 2.45) is 0 Å². The number of hydrogen-bond donors (Lipinski definition) is 2. The Morgan fingerprint density at radius 2 is 1.45 bits per heavy atom. The smallest absolute Gasteiger partial charge is 0.0574 e. The maximum atomic E-state index is 9.80. The minimum Gasteiger partial charge on any atom is -0.396 e. The van der Waals surface area contributed by atoms with Gasteiger partial charge >= 0.3 is 0 Å². The van der Waals surface area contributed by atoms with Crippen molar-refractivity contribution in [2.45, 2.75) is 96.5 Å². The van der Waals surface area contributed by atoms with Gasteiger partial charge in [0.1, 0.15) is 0 Å². The van der Waals surface area contributed by atoms with Gasteiger partial charge in [0, 0.05) is 6.61 Å². The molecule has 0 heterocycles. The zero-order valence-corrected chi connectivity index (χ0v) is 13.5. The molecule has 0 amide bonds. The molecule has 0 aliphatic rings. The van der Waals surface area contributed by atoms with E-state index in [9.17, 15) is 5.11 Å². The second kappa shape index (κ2) is 16.7. The zero-order chi connectivity index (χ0) is 14.9. The van der Waals surface area contributed by atoms with E-state index < -0.39 is 0 Å². The summed E-state index contributed by atoms with van der Waals surface area (Å²) < 4.78 is 0. The Balaban J connectivity index is 3.21. The van der Waals surface area contributed by atoms with Crippen LogP contribution < -0.4 is 0 Å². The monoisotopic (exact) mass is 284 g/mol. The van der Waals surface area contributed by atoms with Gasteiger partial charge in [-0.3, -0.25) is 0 Å². The van der Waals surface area contributed by atoms with E-state index in [2.05, 4.69) is 19.1 Å². The van der Waals surface area contributed by atoms with Crippen LogP contribution in [0.3, 0.4) is 0 Å². The Labute approximate surface area is 126 Å². The predicted molar refractivity (Wildman–Crippen MR) is 87.9 cm³/mol. The lowest BCUT2D eigenvalue weighted by atomic mass is 10.1. The molecule has 2 heteroatoms. The molecule has 0 saturated carbocycles. The largest absolute Gasteiger partial charge is 0.396 e. The van der Waals surface area contributed by atoms with Crippen LogP contribution in [-0.2, 0) is 0 Å². The summed E-state index contributed by atoms with van der Waals surface area (Å²) in [5.41, 5.74) is 0. The van der Waals surface area contributed by atoms with Gasteiger partial charge in [-0.1, -0.05) is 70.4 Å². The molecule has 0 aromatic rings. The normalized spacial score (nSPS) is 13.2. The number of unbranched alkanes of at least 4 members (excludes halogenated alkanes) is 9. The van der Waals surface area contributed by atoms with Gasteiger partial charge in [0.25, 0.3) is 0 Å². The van der Waals surface area contributed by atoms with Crippen LogP contribution in [-0.4, -0.2) is 22.9 Å². The van der Waals surface area contributed by atoms with E-state index >= 15 is 0 Å². The summed E-state index contributed by atoms with van der Waals surface area (Å²) in [5, 5.41) is 18.5. The number of aliphatic hydroxyl groups is 2. The molecule has 0 spiro atoms. The fraction of sp³-hybridized carbons (Fsp3) is 0.889. The minimum atomic E-state index is -0.137. The van der Waals surface area contributed by atoms with E-state index in [1.165, 1.54) is 44.9 Å². The van der Waals surface area contributed by atoms with Gasteiger partial charge < -0.3 is 10.2 Å². The third-order valence-electron chi connectivity index (χ3n) is 3.74. The Morgan fingerprint density at radius 1 is 0.800 bits per heavy atom. The average molecular weight is 284 g/mol. The summed E-state index contributed by atoms with van der Waals surface area (Å²) in [6.45, 7) is 2.55. The first-order valence-electron chi connectivity index (χ1n) is 8.75. The fourth-order valence-corrected chi connectivity index (χ4v) is 2.38. The molecule has 0 fully saturated rings. The lowest BCUT2D eigenvalue weighted by Gasteiger charge is -2.07. The van der Waals surface area contributed by atoms with Gasteiger partial charge in [0.2, 0.25) is 0 Å². The van der Waals surface area contributed by atoms with Crippen molar-refractivity contribution in [3.63, 3.8) is 0 Å². The van der Waals surface area contributed by atoms with Gasteiger partial charge in [-0.05, 0) is 32.1 Å². The lowest BCUT2D eigenvalue weighted by molar-refractivity contribution is 0.163. The highest BCUT2D eigenvalue weighted by atomic mass is 16.3. The standard InChI is InChI=1S/C18H36O2/c1-2-3-4-12-15-18(20)16-13-10-8-6-5-7-9-11-14-17-19/h10,13,18-20H,2-9,11-12,14-17H2,1H3/b13-10+. The molecular formula is C18H36O2. The van der Waals surface area contributed by atoms with Gasteiger partial charge in [-0.2, -0.15) is 0 Å². The van der Waals surface area contributed by atoms with Crippen molar-refractivity contribution >= 4 is 0 Å². The lowest BCUT2D eigenvalue weighted by Crippen LogP contribution is -2.04. The van der Waals surface area contributed by atoms with Gasteiger partial charge in [-0.15, -0.1) is 0 Å². The van der Waals surface area contributed by atoms with Gasteiger partial charge in [-0.25, -0.2) is 0 Å². The molecule has 0 radical (unpaired) electrons. The number of aliphatic hydroxyl groups excluding tert-OH is 2. The van der Waals surface area contributed by atoms with Crippen molar-refractivity contribution < 1.29 is 10.2 Å². The fourth-order valence-electron chi connectivity index (χ4n) is 2.38. The second-order valence-corrected chi connectivity index (χ2v) is 5.84. The molecule has 0 aromatic heterocycles. The molecule has 0 aliphatic heterocycles. The molecule has 0 bridgehead atoms. The third kappa shape index (κ3) is 15.7. The summed E-state index contributed by atoms with van der Waals surface area (Å²) in [4.78, 5) is 0. The molecule has 120 valence electrons. The van der Waals surface area contributed by atoms with Crippen LogP contribution in [0.4, 0.5) is 0 Å². The van der Waals surface area contributed by atoms with Crippen molar-refractivity contribution in [2.75, 3.05) is 6.61 Å². The molecule has 2 nitrogen and oxygen atoms in total. The van der Waals surface area contributed by atoms with Crippen molar-refractivity contribution in [3.05, 3.63) is 12.2 Å². The summed E-state index contributed by atoms with van der Waals surface area (Å²) in [6, 6.07) is 0. The molecule has 2 N–H and O–H groups in total. The maximum absolute atomic E-state index is 9.80. The minimum absolute atomic E-state index is 0.137. The Hall–Kier alpha value is -0.340. The summed E-state index contributed by atoms with van der Waals surface area (Å²) in [7, 11) is 0. The molecule has 1 atom stereocenters. The number of allylic oxidation sites excluding steroid dienone is 1. The molecule has 0 saturated heterocycles. The highest BCUT2D eigenvalue weighted by Gasteiger charge is 2.00. The van der Waals surface area contributed by atoms with Crippen LogP contribution in [0.2, 0.25) is 0 Å². The SMILES string of the molecule is CCCCCCC(O)C/C=C/CCCCCCCCO. The molecular weight excluding hydrogens is 248 g/mol. The van der Waals surface area contributed by atoms with E-state index in [0.29, 0.717) is 6.61 Å². The van der Waals surface area contributed by atoms with Crippen molar-refractivity contribution in [3.8, 4) is 0 Å². The Kier molecular flexibility index (Phi) is 16.4. The van der Waals surface area contributed by atoms with Gasteiger partial charge in [0.05, 0.1) is 6.10 Å². The molecule has 0 aliphatic carbocycles. The summed E-state index contributed by atoms with van der Waals surface area (Å²) >= 11 is 0. The molecule has 1 unspecified atom stereocenters. The first-order valence-corrected chi connectivity index (χ1v) is 8.75. The van der Waals surface area contributed by atoms with Crippen LogP contribution in [0.5, 0.6) is 0 Å². The maximum Gasteiger partial charge on any atom is 0.0574 e. The number of hydrogen-bond acceptors (Lipinski definition) is 2. The first-order chi connectivity index (χ1) is 9.81. The Morgan fingerprint density at radius 3 is 2.15 bits per heavy atom. The molecule has 0 rings (SSSR count). The van der Waals surface area contributed by atoms with Crippen LogP contribution in [0.1, 0.15) is 90.4 Å².